The molecule has 0 aromatic heterocycles. The van der Waals surface area contributed by atoms with Gasteiger partial charge in [-0.2, -0.15) is 0 Å². The highest BCUT2D eigenvalue weighted by Crippen LogP contribution is 2.16. The molecule has 2 aromatic rings. The van der Waals surface area contributed by atoms with E-state index >= 15 is 0 Å². The number of hydrogen-bond acceptors (Lipinski definition) is 4. The van der Waals surface area contributed by atoms with Gasteiger partial charge in [-0.3, -0.25) is 14.4 Å². The first-order valence-electron chi connectivity index (χ1n) is 8.19. The number of hydrogen-bond donors (Lipinski definition) is 3. The Hall–Kier alpha value is -2.87. The first-order chi connectivity index (χ1) is 12.9. The molecule has 3 N–H and O–H groups in total. The molecule has 0 aliphatic rings. The SMILES string of the molecule is CNC(=O)c1ccc(NC(=O)[C@H](C)SCC(=O)Nc2ccc(F)cc2)cc1. The summed E-state index contributed by atoms with van der Waals surface area (Å²) in [6.07, 6.45) is 0. The fourth-order valence-electron chi connectivity index (χ4n) is 2.10. The van der Waals surface area contributed by atoms with E-state index in [2.05, 4.69) is 16.0 Å². The van der Waals surface area contributed by atoms with E-state index in [-0.39, 0.29) is 29.3 Å². The summed E-state index contributed by atoms with van der Waals surface area (Å²) in [6, 6.07) is 12.0. The van der Waals surface area contributed by atoms with Crippen molar-refractivity contribution in [1.29, 1.82) is 0 Å². The van der Waals surface area contributed by atoms with Gasteiger partial charge in [-0.1, -0.05) is 0 Å². The van der Waals surface area contributed by atoms with Crippen LogP contribution in [-0.4, -0.2) is 35.8 Å². The molecular formula is C19H20FN3O3S. The van der Waals surface area contributed by atoms with Crippen molar-refractivity contribution in [3.05, 3.63) is 59.9 Å². The van der Waals surface area contributed by atoms with E-state index in [1.54, 1.807) is 38.2 Å². The van der Waals surface area contributed by atoms with Gasteiger partial charge in [0.05, 0.1) is 11.0 Å². The molecule has 0 unspecified atom stereocenters. The Bertz CT molecular complexity index is 810. The number of carbonyl (C=O) groups is 3. The summed E-state index contributed by atoms with van der Waals surface area (Å²) in [7, 11) is 1.54. The maximum absolute atomic E-state index is 12.8. The van der Waals surface area contributed by atoms with Gasteiger partial charge < -0.3 is 16.0 Å². The second kappa shape index (κ2) is 9.72. The van der Waals surface area contributed by atoms with Crippen LogP contribution < -0.4 is 16.0 Å². The zero-order valence-corrected chi connectivity index (χ0v) is 15.7. The summed E-state index contributed by atoms with van der Waals surface area (Å²) < 4.78 is 12.8. The van der Waals surface area contributed by atoms with Gasteiger partial charge in [-0.05, 0) is 55.5 Å². The number of thioether (sulfide) groups is 1. The minimum absolute atomic E-state index is 0.0849. The van der Waals surface area contributed by atoms with Crippen LogP contribution in [0, 0.1) is 5.82 Å². The number of amides is 3. The molecule has 0 saturated heterocycles. The second-order valence-electron chi connectivity index (χ2n) is 5.65. The molecule has 0 aliphatic carbocycles. The predicted octanol–water partition coefficient (Wildman–Crippen LogP) is 2.88. The lowest BCUT2D eigenvalue weighted by Gasteiger charge is -2.12. The summed E-state index contributed by atoms with van der Waals surface area (Å²) in [5.74, 6) is -1.02. The summed E-state index contributed by atoms with van der Waals surface area (Å²) in [4.78, 5) is 35.6. The Kier molecular flexibility index (Phi) is 7.36. The molecule has 142 valence electrons. The van der Waals surface area contributed by atoms with Gasteiger partial charge in [0.1, 0.15) is 5.82 Å². The van der Waals surface area contributed by atoms with E-state index in [9.17, 15) is 18.8 Å². The zero-order chi connectivity index (χ0) is 19.8. The number of carbonyl (C=O) groups excluding carboxylic acids is 3. The zero-order valence-electron chi connectivity index (χ0n) is 14.9. The summed E-state index contributed by atoms with van der Waals surface area (Å²) >= 11 is 1.18. The first-order valence-corrected chi connectivity index (χ1v) is 9.24. The second-order valence-corrected chi connectivity index (χ2v) is 6.98. The van der Waals surface area contributed by atoms with E-state index in [1.165, 1.54) is 36.0 Å². The highest BCUT2D eigenvalue weighted by Gasteiger charge is 2.16. The Balaban J connectivity index is 1.80. The third-order valence-electron chi connectivity index (χ3n) is 3.60. The molecule has 8 heteroatoms. The van der Waals surface area contributed by atoms with Crippen LogP contribution >= 0.6 is 11.8 Å². The van der Waals surface area contributed by atoms with Gasteiger partial charge in [0.25, 0.3) is 5.91 Å². The van der Waals surface area contributed by atoms with Gasteiger partial charge in [0.15, 0.2) is 0 Å². The molecule has 0 heterocycles. The Morgan fingerprint density at radius 2 is 1.52 bits per heavy atom. The van der Waals surface area contributed by atoms with Gasteiger partial charge in [0, 0.05) is 24.0 Å². The third kappa shape index (κ3) is 6.41. The van der Waals surface area contributed by atoms with Gasteiger partial charge in [-0.15, -0.1) is 11.8 Å². The number of halogens is 1. The third-order valence-corrected chi connectivity index (χ3v) is 4.75. The van der Waals surface area contributed by atoms with E-state index in [0.29, 0.717) is 16.9 Å². The van der Waals surface area contributed by atoms with E-state index in [1.807, 2.05) is 0 Å². The van der Waals surface area contributed by atoms with Crippen LogP contribution in [0.2, 0.25) is 0 Å². The topological polar surface area (TPSA) is 87.3 Å². The quantitative estimate of drug-likeness (QED) is 0.680. The molecule has 1 atom stereocenters. The lowest BCUT2D eigenvalue weighted by atomic mass is 10.2. The molecule has 27 heavy (non-hydrogen) atoms. The Labute approximate surface area is 160 Å². The summed E-state index contributed by atoms with van der Waals surface area (Å²) in [5.41, 5.74) is 1.56. The minimum atomic E-state index is -0.456. The van der Waals surface area contributed by atoms with Crippen LogP contribution in [0.1, 0.15) is 17.3 Å². The molecule has 0 radical (unpaired) electrons. The van der Waals surface area contributed by atoms with Crippen molar-refractivity contribution in [2.45, 2.75) is 12.2 Å². The van der Waals surface area contributed by atoms with Crippen molar-refractivity contribution >= 4 is 40.9 Å². The normalized spacial score (nSPS) is 11.4. The molecule has 0 fully saturated rings. The average molecular weight is 389 g/mol. The van der Waals surface area contributed by atoms with Crippen LogP contribution in [0.5, 0.6) is 0 Å². The minimum Gasteiger partial charge on any atom is -0.355 e. The van der Waals surface area contributed by atoms with Crippen LogP contribution in [0.4, 0.5) is 15.8 Å². The van der Waals surface area contributed by atoms with Crippen molar-refractivity contribution < 1.29 is 18.8 Å². The van der Waals surface area contributed by atoms with Crippen LogP contribution in [-0.2, 0) is 9.59 Å². The molecular weight excluding hydrogens is 369 g/mol. The maximum atomic E-state index is 12.8. The highest BCUT2D eigenvalue weighted by atomic mass is 32.2. The van der Waals surface area contributed by atoms with Crippen molar-refractivity contribution in [3.8, 4) is 0 Å². The van der Waals surface area contributed by atoms with E-state index in [0.717, 1.165) is 0 Å². The molecule has 2 aromatic carbocycles. The highest BCUT2D eigenvalue weighted by molar-refractivity contribution is 8.01. The van der Waals surface area contributed by atoms with Gasteiger partial charge in [-0.25, -0.2) is 4.39 Å². The largest absolute Gasteiger partial charge is 0.355 e. The smallest absolute Gasteiger partial charge is 0.251 e. The van der Waals surface area contributed by atoms with Crippen molar-refractivity contribution in [1.82, 2.24) is 5.32 Å². The maximum Gasteiger partial charge on any atom is 0.251 e. The fourth-order valence-corrected chi connectivity index (χ4v) is 2.78. The average Bonchev–Trinajstić information content (AvgIpc) is 2.67. The van der Waals surface area contributed by atoms with E-state index in [4.69, 9.17) is 0 Å². The van der Waals surface area contributed by atoms with E-state index < -0.39 is 5.25 Å². The number of anilines is 2. The van der Waals surface area contributed by atoms with Crippen LogP contribution in [0.3, 0.4) is 0 Å². The fraction of sp³-hybridized carbons (Fsp3) is 0.211. The first kappa shape index (κ1) is 20.4. The van der Waals surface area contributed by atoms with Crippen LogP contribution in [0.25, 0.3) is 0 Å². The molecule has 0 aliphatic heterocycles. The van der Waals surface area contributed by atoms with Gasteiger partial charge >= 0.3 is 0 Å². The lowest BCUT2D eigenvalue weighted by molar-refractivity contribution is -0.115. The molecule has 0 saturated carbocycles. The van der Waals surface area contributed by atoms with Crippen LogP contribution in [0.15, 0.2) is 48.5 Å². The van der Waals surface area contributed by atoms with Crippen molar-refractivity contribution in [2.75, 3.05) is 23.4 Å². The van der Waals surface area contributed by atoms with Gasteiger partial charge in [0.2, 0.25) is 11.8 Å². The Morgan fingerprint density at radius 3 is 2.11 bits per heavy atom. The molecule has 6 nitrogen and oxygen atoms in total. The monoisotopic (exact) mass is 389 g/mol. The molecule has 3 amide bonds. The summed E-state index contributed by atoms with van der Waals surface area (Å²) in [5, 5.41) is 7.45. The lowest BCUT2D eigenvalue weighted by Crippen LogP contribution is -2.25. The van der Waals surface area contributed by atoms with Crippen molar-refractivity contribution in [3.63, 3.8) is 0 Å². The molecule has 0 spiro atoms. The number of nitrogens with one attached hydrogen (secondary N) is 3. The molecule has 0 bridgehead atoms. The number of benzene rings is 2. The number of rotatable bonds is 7. The Morgan fingerprint density at radius 1 is 0.963 bits per heavy atom. The molecule has 2 rings (SSSR count). The summed E-state index contributed by atoms with van der Waals surface area (Å²) in [6.45, 7) is 1.70. The standard InChI is InChI=1S/C19H20FN3O3S/c1-12(27-11-17(24)22-15-9-5-14(20)6-10-15)18(25)23-16-7-3-13(4-8-16)19(26)21-2/h3-10,12H,11H2,1-2H3,(H,21,26)(H,22,24)(H,23,25)/t12-/m0/s1. The predicted molar refractivity (Wildman–Crippen MR) is 105 cm³/mol. The van der Waals surface area contributed by atoms with Crippen molar-refractivity contribution in [2.24, 2.45) is 0 Å².